The van der Waals surface area contributed by atoms with E-state index in [-0.39, 0.29) is 6.04 Å². The number of rotatable bonds is 2. The van der Waals surface area contributed by atoms with Crippen LogP contribution in [0.3, 0.4) is 0 Å². The Morgan fingerprint density at radius 3 is 2.24 bits per heavy atom. The first-order chi connectivity index (χ1) is 11.8. The number of fused-ring (bicyclic) bond motifs is 1. The van der Waals surface area contributed by atoms with Crippen molar-refractivity contribution in [1.82, 2.24) is 4.90 Å². The van der Waals surface area contributed by atoms with E-state index in [0.717, 1.165) is 24.7 Å². The summed E-state index contributed by atoms with van der Waals surface area (Å²) in [5.41, 5.74) is 3.37. The fraction of sp³-hybridized carbons (Fsp3) is 0.235. The molecule has 0 aromatic heterocycles. The third kappa shape index (κ3) is 5.14. The van der Waals surface area contributed by atoms with E-state index < -0.39 is 13.9 Å². The second-order valence-electron chi connectivity index (χ2n) is 5.41. The lowest BCUT2D eigenvalue weighted by molar-refractivity contribution is 0.129. The Morgan fingerprint density at radius 1 is 1.12 bits per heavy atom. The molecule has 134 valence electrons. The van der Waals surface area contributed by atoms with Gasteiger partial charge in [0, 0.05) is 13.7 Å². The Bertz CT molecular complexity index is 761. The lowest BCUT2D eigenvalue weighted by atomic mass is 9.88. The number of phosphoric acid groups is 1. The van der Waals surface area contributed by atoms with Gasteiger partial charge in [0.2, 0.25) is 0 Å². The van der Waals surface area contributed by atoms with E-state index in [2.05, 4.69) is 10.6 Å². The summed E-state index contributed by atoms with van der Waals surface area (Å²) >= 11 is 0. The number of carbonyl (C=O) groups is 1. The first-order valence-corrected chi connectivity index (χ1v) is 9.10. The summed E-state index contributed by atoms with van der Waals surface area (Å²) in [7, 11) is -3.20. The van der Waals surface area contributed by atoms with Crippen molar-refractivity contribution in [3.8, 4) is 0 Å². The first kappa shape index (κ1) is 19.1. The highest BCUT2D eigenvalue weighted by Crippen LogP contribution is 2.35. The van der Waals surface area contributed by atoms with Gasteiger partial charge in [-0.1, -0.05) is 54.6 Å². The maximum absolute atomic E-state index is 11.5. The van der Waals surface area contributed by atoms with Crippen LogP contribution in [0.1, 0.15) is 22.7 Å². The fourth-order valence-corrected chi connectivity index (χ4v) is 2.77. The Labute approximate surface area is 145 Å². The Balaban J connectivity index is 0.000000326. The fourth-order valence-electron chi connectivity index (χ4n) is 2.77. The van der Waals surface area contributed by atoms with Crippen molar-refractivity contribution in [1.29, 1.82) is 0 Å². The van der Waals surface area contributed by atoms with Gasteiger partial charge in [-0.15, -0.1) is 0 Å². The molecule has 8 heteroatoms. The third-order valence-electron chi connectivity index (χ3n) is 3.88. The van der Waals surface area contributed by atoms with Crippen molar-refractivity contribution in [2.75, 3.05) is 13.7 Å². The van der Waals surface area contributed by atoms with Gasteiger partial charge in [-0.2, -0.15) is 0 Å². The molecular formula is C17H20NO6P. The summed E-state index contributed by atoms with van der Waals surface area (Å²) < 4.78 is 13.1. The van der Waals surface area contributed by atoms with Gasteiger partial charge in [0.25, 0.3) is 0 Å². The normalized spacial score (nSPS) is 16.4. The monoisotopic (exact) mass is 365 g/mol. The van der Waals surface area contributed by atoms with Crippen molar-refractivity contribution >= 4 is 13.9 Å². The van der Waals surface area contributed by atoms with Crippen LogP contribution in [-0.4, -0.2) is 39.5 Å². The van der Waals surface area contributed by atoms with Crippen molar-refractivity contribution in [2.24, 2.45) is 0 Å². The average Bonchev–Trinajstić information content (AvgIpc) is 2.61. The minimum atomic E-state index is -4.15. The van der Waals surface area contributed by atoms with Crippen LogP contribution in [0.25, 0.3) is 0 Å². The predicted octanol–water partition coefficient (Wildman–Crippen LogP) is 3.04. The minimum absolute atomic E-state index is 0.191. The van der Waals surface area contributed by atoms with Crippen LogP contribution in [0.4, 0.5) is 4.79 Å². The van der Waals surface area contributed by atoms with Crippen LogP contribution < -0.4 is 0 Å². The van der Waals surface area contributed by atoms with Crippen molar-refractivity contribution in [3.63, 3.8) is 0 Å². The highest BCUT2D eigenvalue weighted by Gasteiger charge is 2.31. The Kier molecular flexibility index (Phi) is 6.33. The molecule has 3 N–H and O–H groups in total. The number of nitrogens with zero attached hydrogens (tertiary/aromatic N) is 1. The number of amides is 1. The molecule has 0 unspecified atom stereocenters. The molecule has 0 spiro atoms. The summed E-state index contributed by atoms with van der Waals surface area (Å²) in [6.45, 7) is 0.548. The number of carboxylic acid groups (broad SMARTS) is 1. The third-order valence-corrected chi connectivity index (χ3v) is 4.36. The molecule has 0 bridgehead atoms. The van der Waals surface area contributed by atoms with Gasteiger partial charge >= 0.3 is 13.9 Å². The molecule has 3 rings (SSSR count). The van der Waals surface area contributed by atoms with Gasteiger partial charge < -0.3 is 14.9 Å². The molecule has 0 saturated carbocycles. The molecule has 2 aromatic rings. The standard InChI is InChI=1S/C16H15NO2.CH5O4P/c18-16(19)17-11-10-12-6-4-5-9-14(12)15(17)13-7-2-1-3-8-13;1-5-6(2,3)4/h1-9,15H,10-11H2,(H,18,19);1H3,(H2,2,3,4)/t15-;/m1./s1. The lowest BCUT2D eigenvalue weighted by Crippen LogP contribution is -2.39. The van der Waals surface area contributed by atoms with Gasteiger partial charge in [-0.25, -0.2) is 9.36 Å². The maximum Gasteiger partial charge on any atom is 0.469 e. The average molecular weight is 365 g/mol. The molecule has 0 fully saturated rings. The second-order valence-corrected chi connectivity index (χ2v) is 6.76. The van der Waals surface area contributed by atoms with Crippen LogP contribution in [-0.2, 0) is 15.5 Å². The van der Waals surface area contributed by atoms with Gasteiger partial charge in [-0.3, -0.25) is 9.42 Å². The summed E-state index contributed by atoms with van der Waals surface area (Å²) in [6.07, 6.45) is -0.0745. The van der Waals surface area contributed by atoms with Crippen LogP contribution in [0, 0.1) is 0 Å². The van der Waals surface area contributed by atoms with Crippen LogP contribution in [0.15, 0.2) is 54.6 Å². The molecule has 25 heavy (non-hydrogen) atoms. The van der Waals surface area contributed by atoms with E-state index in [9.17, 15) is 14.5 Å². The number of hydrogen-bond acceptors (Lipinski definition) is 3. The highest BCUT2D eigenvalue weighted by molar-refractivity contribution is 7.46. The lowest BCUT2D eigenvalue weighted by Gasteiger charge is -2.35. The van der Waals surface area contributed by atoms with Crippen molar-refractivity contribution in [3.05, 3.63) is 71.3 Å². The summed E-state index contributed by atoms with van der Waals surface area (Å²) in [6, 6.07) is 17.7. The van der Waals surface area contributed by atoms with Crippen molar-refractivity contribution in [2.45, 2.75) is 12.5 Å². The van der Waals surface area contributed by atoms with E-state index in [1.165, 1.54) is 10.5 Å². The molecular weight excluding hydrogens is 345 g/mol. The van der Waals surface area contributed by atoms with E-state index in [0.29, 0.717) is 6.54 Å². The smallest absolute Gasteiger partial charge is 0.465 e. The van der Waals surface area contributed by atoms with Gasteiger partial charge in [0.05, 0.1) is 6.04 Å². The van der Waals surface area contributed by atoms with E-state index >= 15 is 0 Å². The molecule has 2 aromatic carbocycles. The van der Waals surface area contributed by atoms with E-state index in [1.54, 1.807) is 0 Å². The zero-order chi connectivity index (χ0) is 18.4. The van der Waals surface area contributed by atoms with E-state index in [1.807, 2.05) is 48.5 Å². The molecule has 1 aliphatic heterocycles. The van der Waals surface area contributed by atoms with Crippen molar-refractivity contribution < 1.29 is 28.8 Å². The van der Waals surface area contributed by atoms with Crippen LogP contribution >= 0.6 is 7.82 Å². The van der Waals surface area contributed by atoms with Gasteiger partial charge in [-0.05, 0) is 23.1 Å². The Morgan fingerprint density at radius 2 is 1.68 bits per heavy atom. The quantitative estimate of drug-likeness (QED) is 0.706. The van der Waals surface area contributed by atoms with Crippen LogP contribution in [0.5, 0.6) is 0 Å². The molecule has 7 nitrogen and oxygen atoms in total. The summed E-state index contributed by atoms with van der Waals surface area (Å²) in [5, 5.41) is 9.42. The first-order valence-electron chi connectivity index (χ1n) is 7.57. The number of benzene rings is 2. The second kappa shape index (κ2) is 8.27. The van der Waals surface area contributed by atoms with Gasteiger partial charge in [0.1, 0.15) is 0 Å². The summed E-state index contributed by atoms with van der Waals surface area (Å²) in [5.74, 6) is 0. The summed E-state index contributed by atoms with van der Waals surface area (Å²) in [4.78, 5) is 28.4. The van der Waals surface area contributed by atoms with Gasteiger partial charge in [0.15, 0.2) is 0 Å². The minimum Gasteiger partial charge on any atom is -0.465 e. The topological polar surface area (TPSA) is 107 Å². The maximum atomic E-state index is 11.5. The zero-order valence-electron chi connectivity index (χ0n) is 13.6. The SMILES string of the molecule is COP(=O)(O)O.O=C(O)N1CCc2ccccc2[C@H]1c1ccccc1. The van der Waals surface area contributed by atoms with Crippen LogP contribution in [0.2, 0.25) is 0 Å². The number of hydrogen-bond donors (Lipinski definition) is 3. The molecule has 1 aliphatic rings. The molecule has 1 heterocycles. The molecule has 1 atom stereocenters. The largest absolute Gasteiger partial charge is 0.469 e. The molecule has 0 saturated heterocycles. The Hall–Kier alpha value is -2.18. The van der Waals surface area contributed by atoms with E-state index in [4.69, 9.17) is 9.79 Å². The highest BCUT2D eigenvalue weighted by atomic mass is 31.2. The zero-order valence-corrected chi connectivity index (χ0v) is 14.5. The predicted molar refractivity (Wildman–Crippen MR) is 92.2 cm³/mol. The molecule has 0 aliphatic carbocycles. The molecule has 0 radical (unpaired) electrons. The molecule has 1 amide bonds. The number of phosphoric ester groups is 1.